The van der Waals surface area contributed by atoms with Crippen molar-refractivity contribution in [3.05, 3.63) is 23.9 Å². The molecule has 1 atom stereocenters. The van der Waals surface area contributed by atoms with Gasteiger partial charge in [0.15, 0.2) is 0 Å². The fraction of sp³-hybridized carbons (Fsp3) is 0.455. The molecule has 0 spiro atoms. The zero-order chi connectivity index (χ0) is 10.5. The average molecular weight is 239 g/mol. The molecule has 1 aliphatic heterocycles. The minimum absolute atomic E-state index is 0. The topological polar surface area (TPSA) is 60.7 Å². The highest BCUT2D eigenvalue weighted by molar-refractivity contribution is 5.85. The second-order valence-electron chi connectivity index (χ2n) is 3.70. The molecule has 1 fully saturated rings. The highest BCUT2D eigenvalue weighted by Gasteiger charge is 2.14. The third-order valence-corrected chi connectivity index (χ3v) is 2.57. The van der Waals surface area contributed by atoms with E-state index in [1.807, 2.05) is 0 Å². The molecular weight excluding hydrogens is 224 g/mol. The lowest BCUT2D eigenvalue weighted by molar-refractivity contribution is 0.479. The lowest BCUT2D eigenvalue weighted by Crippen LogP contribution is -2.38. The lowest BCUT2D eigenvalue weighted by Gasteiger charge is -2.24. The van der Waals surface area contributed by atoms with Crippen molar-refractivity contribution in [3.63, 3.8) is 0 Å². The van der Waals surface area contributed by atoms with Gasteiger partial charge in [0.2, 0.25) is 0 Å². The smallest absolute Gasteiger partial charge is 0.144 e. The number of halogens is 1. The van der Waals surface area contributed by atoms with Crippen LogP contribution in [0.5, 0.6) is 0 Å². The van der Waals surface area contributed by atoms with E-state index in [1.54, 1.807) is 18.3 Å². The first-order valence-electron chi connectivity index (χ1n) is 5.22. The van der Waals surface area contributed by atoms with Crippen LogP contribution in [0.15, 0.2) is 18.3 Å². The number of pyridine rings is 1. The molecule has 1 aromatic rings. The van der Waals surface area contributed by atoms with Crippen molar-refractivity contribution in [2.24, 2.45) is 0 Å². The van der Waals surface area contributed by atoms with Crippen LogP contribution >= 0.6 is 12.4 Å². The molecule has 16 heavy (non-hydrogen) atoms. The summed E-state index contributed by atoms with van der Waals surface area (Å²) in [6, 6.07) is 6.09. The molecule has 86 valence electrons. The van der Waals surface area contributed by atoms with Gasteiger partial charge in [0, 0.05) is 18.8 Å². The molecule has 1 unspecified atom stereocenters. The largest absolute Gasteiger partial charge is 0.365 e. The maximum atomic E-state index is 8.90. The second kappa shape index (κ2) is 6.31. The summed E-state index contributed by atoms with van der Waals surface area (Å²) in [6.07, 6.45) is 4.01. The third-order valence-electron chi connectivity index (χ3n) is 2.57. The Bertz CT molecular complexity index is 368. The van der Waals surface area contributed by atoms with Crippen LogP contribution < -0.4 is 10.6 Å². The van der Waals surface area contributed by atoms with Crippen LogP contribution in [0, 0.1) is 11.3 Å². The molecule has 1 aliphatic rings. The molecule has 2 heterocycles. The van der Waals surface area contributed by atoms with E-state index in [-0.39, 0.29) is 12.4 Å². The summed E-state index contributed by atoms with van der Waals surface area (Å²) in [7, 11) is 0. The molecule has 0 amide bonds. The predicted molar refractivity (Wildman–Crippen MR) is 65.7 cm³/mol. The Morgan fingerprint density at radius 2 is 2.44 bits per heavy atom. The van der Waals surface area contributed by atoms with Crippen LogP contribution in [-0.4, -0.2) is 24.1 Å². The molecule has 2 N–H and O–H groups in total. The molecule has 1 saturated heterocycles. The Hall–Kier alpha value is -1.31. The van der Waals surface area contributed by atoms with E-state index in [2.05, 4.69) is 21.7 Å². The van der Waals surface area contributed by atoms with E-state index in [4.69, 9.17) is 5.26 Å². The van der Waals surface area contributed by atoms with E-state index in [0.29, 0.717) is 17.4 Å². The molecule has 0 bridgehead atoms. The van der Waals surface area contributed by atoms with E-state index in [9.17, 15) is 0 Å². The minimum Gasteiger partial charge on any atom is -0.365 e. The van der Waals surface area contributed by atoms with Crippen LogP contribution in [0.25, 0.3) is 0 Å². The molecule has 0 aliphatic carbocycles. The monoisotopic (exact) mass is 238 g/mol. The fourth-order valence-corrected chi connectivity index (χ4v) is 1.78. The second-order valence-corrected chi connectivity index (χ2v) is 3.70. The van der Waals surface area contributed by atoms with Gasteiger partial charge in [-0.05, 0) is 31.5 Å². The first-order valence-corrected chi connectivity index (χ1v) is 5.22. The molecule has 0 saturated carbocycles. The number of piperidine rings is 1. The van der Waals surface area contributed by atoms with Crippen LogP contribution in [0.4, 0.5) is 5.82 Å². The zero-order valence-electron chi connectivity index (χ0n) is 8.94. The number of nitrogens with zero attached hydrogens (tertiary/aromatic N) is 2. The Balaban J connectivity index is 0.00000128. The van der Waals surface area contributed by atoms with Crippen LogP contribution in [0.2, 0.25) is 0 Å². The summed E-state index contributed by atoms with van der Waals surface area (Å²) >= 11 is 0. The highest BCUT2D eigenvalue weighted by atomic mass is 35.5. The van der Waals surface area contributed by atoms with Crippen molar-refractivity contribution in [1.29, 1.82) is 5.26 Å². The van der Waals surface area contributed by atoms with Crippen LogP contribution in [-0.2, 0) is 0 Å². The number of rotatable bonds is 2. The highest BCUT2D eigenvalue weighted by Crippen LogP contribution is 2.13. The lowest BCUT2D eigenvalue weighted by atomic mass is 10.1. The van der Waals surface area contributed by atoms with Crippen molar-refractivity contribution < 1.29 is 0 Å². The van der Waals surface area contributed by atoms with E-state index in [0.717, 1.165) is 19.5 Å². The molecule has 2 rings (SSSR count). The van der Waals surface area contributed by atoms with Crippen molar-refractivity contribution in [2.45, 2.75) is 18.9 Å². The maximum Gasteiger partial charge on any atom is 0.144 e. The Morgan fingerprint density at radius 3 is 3.12 bits per heavy atom. The van der Waals surface area contributed by atoms with Gasteiger partial charge in [-0.1, -0.05) is 0 Å². The van der Waals surface area contributed by atoms with Gasteiger partial charge in [0.05, 0.1) is 5.56 Å². The fourth-order valence-electron chi connectivity index (χ4n) is 1.78. The summed E-state index contributed by atoms with van der Waals surface area (Å²) in [5, 5.41) is 15.5. The van der Waals surface area contributed by atoms with E-state index >= 15 is 0 Å². The van der Waals surface area contributed by atoms with Crippen molar-refractivity contribution >= 4 is 18.2 Å². The zero-order valence-corrected chi connectivity index (χ0v) is 9.76. The number of nitrogens with one attached hydrogen (secondary N) is 2. The molecule has 4 nitrogen and oxygen atoms in total. The first kappa shape index (κ1) is 12.8. The normalized spacial score (nSPS) is 19.3. The average Bonchev–Trinajstić information content (AvgIpc) is 2.31. The number of nitriles is 1. The molecule has 0 radical (unpaired) electrons. The van der Waals surface area contributed by atoms with Crippen molar-refractivity contribution in [1.82, 2.24) is 10.3 Å². The van der Waals surface area contributed by atoms with Crippen molar-refractivity contribution in [2.75, 3.05) is 18.4 Å². The summed E-state index contributed by atoms with van der Waals surface area (Å²) in [4.78, 5) is 4.18. The van der Waals surface area contributed by atoms with E-state index < -0.39 is 0 Å². The Morgan fingerprint density at radius 1 is 1.56 bits per heavy atom. The Kier molecular flexibility index (Phi) is 5.03. The molecule has 0 aromatic carbocycles. The quantitative estimate of drug-likeness (QED) is 0.821. The maximum absolute atomic E-state index is 8.90. The SMILES string of the molecule is Cl.N#Cc1cccnc1NC1CCCNC1. The van der Waals surface area contributed by atoms with Crippen molar-refractivity contribution in [3.8, 4) is 6.07 Å². The first-order chi connectivity index (χ1) is 7.40. The number of anilines is 1. The number of hydrogen-bond acceptors (Lipinski definition) is 4. The minimum atomic E-state index is 0. The summed E-state index contributed by atoms with van der Waals surface area (Å²) in [5.74, 6) is 0.703. The third kappa shape index (κ3) is 3.09. The number of aromatic nitrogens is 1. The van der Waals surface area contributed by atoms with Crippen LogP contribution in [0.1, 0.15) is 18.4 Å². The van der Waals surface area contributed by atoms with Gasteiger partial charge < -0.3 is 10.6 Å². The van der Waals surface area contributed by atoms with Gasteiger partial charge in [0.1, 0.15) is 11.9 Å². The molecular formula is C11H15ClN4. The standard InChI is InChI=1S/C11H14N4.ClH/c12-7-9-3-1-6-14-11(9)15-10-4-2-5-13-8-10;/h1,3,6,10,13H,2,4-5,8H2,(H,14,15);1H. The number of hydrogen-bond donors (Lipinski definition) is 2. The summed E-state index contributed by atoms with van der Waals surface area (Å²) < 4.78 is 0. The predicted octanol–water partition coefficient (Wildman–Crippen LogP) is 1.54. The van der Waals surface area contributed by atoms with Gasteiger partial charge in [-0.25, -0.2) is 4.98 Å². The van der Waals surface area contributed by atoms with Gasteiger partial charge in [-0.3, -0.25) is 0 Å². The van der Waals surface area contributed by atoms with Gasteiger partial charge in [-0.15, -0.1) is 12.4 Å². The van der Waals surface area contributed by atoms with Gasteiger partial charge in [0.25, 0.3) is 0 Å². The van der Waals surface area contributed by atoms with E-state index in [1.165, 1.54) is 6.42 Å². The van der Waals surface area contributed by atoms with Gasteiger partial charge >= 0.3 is 0 Å². The Labute approximate surface area is 101 Å². The molecule has 1 aromatic heterocycles. The summed E-state index contributed by atoms with van der Waals surface area (Å²) in [6.45, 7) is 2.03. The van der Waals surface area contributed by atoms with Gasteiger partial charge in [-0.2, -0.15) is 5.26 Å². The summed E-state index contributed by atoms with van der Waals surface area (Å²) in [5.41, 5.74) is 0.614. The van der Waals surface area contributed by atoms with Crippen LogP contribution in [0.3, 0.4) is 0 Å². The molecule has 5 heteroatoms.